The van der Waals surface area contributed by atoms with Crippen LogP contribution in [-0.4, -0.2) is 55.4 Å². The zero-order valence-corrected chi connectivity index (χ0v) is 23.5. The van der Waals surface area contributed by atoms with Crippen molar-refractivity contribution in [2.75, 3.05) is 13.1 Å². The van der Waals surface area contributed by atoms with Crippen LogP contribution in [0.1, 0.15) is 73.9 Å². The van der Waals surface area contributed by atoms with Crippen LogP contribution in [0.5, 0.6) is 5.75 Å². The largest absolute Gasteiger partial charge is 0.485 e. The van der Waals surface area contributed by atoms with E-state index in [9.17, 15) is 18.9 Å². The first-order valence-electron chi connectivity index (χ1n) is 13.9. The SMILES string of the molecule is Cc1nnc(COc2ccc(Cl)c3c2C(N2CC4(CC4)CC2=O)N(C(=O)C2CCCCC2C(=O)OF)CC3)n1C. The van der Waals surface area contributed by atoms with Gasteiger partial charge in [-0.15, -0.1) is 10.2 Å². The van der Waals surface area contributed by atoms with Crippen molar-refractivity contribution in [1.82, 2.24) is 24.6 Å². The molecule has 2 aromatic rings. The average molecular weight is 574 g/mol. The number of aryl methyl sites for hydroxylation is 1. The molecule has 0 radical (unpaired) electrons. The van der Waals surface area contributed by atoms with Crippen LogP contribution in [0.4, 0.5) is 4.53 Å². The Kier molecular flexibility index (Phi) is 6.96. The summed E-state index contributed by atoms with van der Waals surface area (Å²) in [4.78, 5) is 47.1. The summed E-state index contributed by atoms with van der Waals surface area (Å²) in [7, 11) is 1.86. The fourth-order valence-electron chi connectivity index (χ4n) is 6.70. The van der Waals surface area contributed by atoms with Gasteiger partial charge in [-0.1, -0.05) is 24.4 Å². The lowest BCUT2D eigenvalue weighted by molar-refractivity contribution is -0.194. The van der Waals surface area contributed by atoms with Gasteiger partial charge < -0.3 is 19.1 Å². The zero-order chi connectivity index (χ0) is 28.2. The average Bonchev–Trinajstić information content (AvgIpc) is 3.54. The van der Waals surface area contributed by atoms with Gasteiger partial charge in [0.1, 0.15) is 24.3 Å². The number of likely N-dealkylation sites (tertiary alicyclic amines) is 1. The molecule has 3 heterocycles. The molecule has 10 nitrogen and oxygen atoms in total. The summed E-state index contributed by atoms with van der Waals surface area (Å²) in [5.41, 5.74) is 1.46. The van der Waals surface area contributed by atoms with E-state index in [-0.39, 0.29) is 23.8 Å². The van der Waals surface area contributed by atoms with Crippen molar-refractivity contribution in [3.05, 3.63) is 39.9 Å². The second-order valence-electron chi connectivity index (χ2n) is 11.7. The summed E-state index contributed by atoms with van der Waals surface area (Å²) in [5, 5.41) is 8.83. The van der Waals surface area contributed by atoms with Gasteiger partial charge in [0.25, 0.3) is 0 Å². The minimum Gasteiger partial charge on any atom is -0.485 e. The van der Waals surface area contributed by atoms with Gasteiger partial charge in [-0.3, -0.25) is 14.5 Å². The molecular formula is C28H33ClFN5O5. The van der Waals surface area contributed by atoms with Crippen LogP contribution in [0.25, 0.3) is 0 Å². The number of aromatic nitrogens is 3. The maximum Gasteiger partial charge on any atom is 0.352 e. The number of hydrogen-bond acceptors (Lipinski definition) is 7. The summed E-state index contributed by atoms with van der Waals surface area (Å²) in [6.45, 7) is 2.84. The molecule has 2 aliphatic heterocycles. The van der Waals surface area contributed by atoms with Gasteiger partial charge in [-0.05, 0) is 62.1 Å². The molecule has 2 aliphatic carbocycles. The Morgan fingerprint density at radius 2 is 1.93 bits per heavy atom. The van der Waals surface area contributed by atoms with Crippen LogP contribution < -0.4 is 4.74 Å². The molecule has 1 saturated heterocycles. The molecule has 3 atom stereocenters. The van der Waals surface area contributed by atoms with Crippen LogP contribution in [0.15, 0.2) is 12.1 Å². The lowest BCUT2D eigenvalue weighted by atomic mass is 9.78. The third-order valence-electron chi connectivity index (χ3n) is 9.31. The monoisotopic (exact) mass is 573 g/mol. The number of nitrogens with zero attached hydrogens (tertiary/aromatic N) is 5. The maximum absolute atomic E-state index is 14.2. The van der Waals surface area contributed by atoms with Crippen molar-refractivity contribution in [2.45, 2.75) is 71.1 Å². The Hall–Kier alpha value is -3.21. The van der Waals surface area contributed by atoms with Crippen LogP contribution in [-0.2, 0) is 39.4 Å². The summed E-state index contributed by atoms with van der Waals surface area (Å²) < 4.78 is 21.1. The molecule has 2 saturated carbocycles. The van der Waals surface area contributed by atoms with Crippen LogP contribution in [0, 0.1) is 24.2 Å². The highest BCUT2D eigenvalue weighted by molar-refractivity contribution is 6.31. The van der Waals surface area contributed by atoms with Crippen molar-refractivity contribution in [3.8, 4) is 5.75 Å². The fourth-order valence-corrected chi connectivity index (χ4v) is 6.96. The van der Waals surface area contributed by atoms with E-state index in [1.807, 2.05) is 18.5 Å². The van der Waals surface area contributed by atoms with Crippen molar-refractivity contribution in [2.24, 2.45) is 24.3 Å². The molecule has 1 aromatic heterocycles. The Labute approximate surface area is 236 Å². The number of fused-ring (bicyclic) bond motifs is 1. The highest BCUT2D eigenvalue weighted by Crippen LogP contribution is 2.56. The molecule has 1 spiro atoms. The molecule has 4 aliphatic rings. The Bertz CT molecular complexity index is 1360. The van der Waals surface area contributed by atoms with E-state index in [0.717, 1.165) is 37.1 Å². The number of amides is 2. The van der Waals surface area contributed by atoms with Gasteiger partial charge in [0.15, 0.2) is 5.82 Å². The topological polar surface area (TPSA) is 107 Å². The first-order chi connectivity index (χ1) is 19.2. The summed E-state index contributed by atoms with van der Waals surface area (Å²) in [5.74, 6) is -0.993. The number of rotatable bonds is 6. The molecule has 2 amide bonds. The van der Waals surface area contributed by atoms with E-state index in [1.54, 1.807) is 21.9 Å². The molecule has 3 unspecified atom stereocenters. The molecule has 1 aromatic carbocycles. The molecule has 6 rings (SSSR count). The van der Waals surface area contributed by atoms with Crippen molar-refractivity contribution >= 4 is 29.4 Å². The van der Waals surface area contributed by atoms with E-state index >= 15 is 0 Å². The number of carbonyl (C=O) groups is 3. The molecule has 0 bridgehead atoms. The predicted molar refractivity (Wildman–Crippen MR) is 140 cm³/mol. The van der Waals surface area contributed by atoms with Gasteiger partial charge in [-0.2, -0.15) is 0 Å². The Morgan fingerprint density at radius 1 is 1.18 bits per heavy atom. The molecule has 214 valence electrons. The Balaban J connectivity index is 1.40. The summed E-state index contributed by atoms with van der Waals surface area (Å²) >= 11 is 6.70. The van der Waals surface area contributed by atoms with E-state index in [0.29, 0.717) is 60.9 Å². The summed E-state index contributed by atoms with van der Waals surface area (Å²) in [6.07, 6.45) is 4.41. The summed E-state index contributed by atoms with van der Waals surface area (Å²) in [6, 6.07) is 3.54. The van der Waals surface area contributed by atoms with E-state index in [2.05, 4.69) is 15.1 Å². The number of ether oxygens (including phenoxy) is 1. The number of hydrogen-bond donors (Lipinski definition) is 0. The van der Waals surface area contributed by atoms with Crippen LogP contribution >= 0.6 is 11.6 Å². The second kappa shape index (κ2) is 10.3. The maximum atomic E-state index is 14.2. The third-order valence-corrected chi connectivity index (χ3v) is 9.66. The van der Waals surface area contributed by atoms with Crippen LogP contribution in [0.2, 0.25) is 5.02 Å². The fraction of sp³-hybridized carbons (Fsp3) is 0.607. The lowest BCUT2D eigenvalue weighted by Crippen LogP contribution is -2.52. The van der Waals surface area contributed by atoms with E-state index in [4.69, 9.17) is 16.3 Å². The number of carbonyl (C=O) groups excluding carboxylic acids is 3. The first kappa shape index (κ1) is 27.0. The van der Waals surface area contributed by atoms with Gasteiger partial charge in [0.2, 0.25) is 11.8 Å². The van der Waals surface area contributed by atoms with Crippen molar-refractivity contribution in [1.29, 1.82) is 0 Å². The van der Waals surface area contributed by atoms with Gasteiger partial charge >= 0.3 is 5.97 Å². The number of halogens is 2. The highest BCUT2D eigenvalue weighted by atomic mass is 35.5. The molecule has 0 N–H and O–H groups in total. The number of benzene rings is 1. The second-order valence-corrected chi connectivity index (χ2v) is 12.1. The van der Waals surface area contributed by atoms with E-state index in [1.165, 1.54) is 0 Å². The molecule has 40 heavy (non-hydrogen) atoms. The van der Waals surface area contributed by atoms with Gasteiger partial charge in [0, 0.05) is 41.7 Å². The quantitative estimate of drug-likeness (QED) is 0.514. The van der Waals surface area contributed by atoms with Crippen molar-refractivity contribution in [3.63, 3.8) is 0 Å². The molecule has 12 heteroatoms. The Morgan fingerprint density at radius 3 is 2.58 bits per heavy atom. The standard InChI is InChI=1S/C28H33ClFN5O5/c1-16-31-32-22(33(16)2)14-39-21-8-7-20(29)19-9-12-34(26(37)17-5-3-4-6-18(17)27(38)40-30)25(24(19)21)35-15-28(10-11-28)13-23(35)36/h7-8,17-18,25H,3-6,9-15H2,1-2H3. The van der Waals surface area contributed by atoms with Crippen molar-refractivity contribution < 1.29 is 28.6 Å². The predicted octanol–water partition coefficient (Wildman–Crippen LogP) is 3.99. The van der Waals surface area contributed by atoms with E-state index < -0.39 is 24.0 Å². The lowest BCUT2D eigenvalue weighted by Gasteiger charge is -2.45. The molecular weight excluding hydrogens is 541 g/mol. The van der Waals surface area contributed by atoms with Crippen LogP contribution in [0.3, 0.4) is 0 Å². The first-order valence-corrected chi connectivity index (χ1v) is 14.3. The minimum absolute atomic E-state index is 0.0219. The van der Waals surface area contributed by atoms with Gasteiger partial charge in [0.05, 0.1) is 11.8 Å². The highest BCUT2D eigenvalue weighted by Gasteiger charge is 2.56. The molecule has 3 fully saturated rings. The zero-order valence-electron chi connectivity index (χ0n) is 22.7. The minimum atomic E-state index is -1.01. The smallest absolute Gasteiger partial charge is 0.352 e. The third kappa shape index (κ3) is 4.61. The van der Waals surface area contributed by atoms with Gasteiger partial charge in [-0.25, -0.2) is 4.79 Å². The normalized spacial score (nSPS) is 25.2.